The van der Waals surface area contributed by atoms with Crippen molar-refractivity contribution in [2.75, 3.05) is 18.5 Å². The van der Waals surface area contributed by atoms with Crippen molar-refractivity contribution >= 4 is 23.3 Å². The second-order valence-corrected chi connectivity index (χ2v) is 6.90. The highest BCUT2D eigenvalue weighted by Crippen LogP contribution is 2.24. The Kier molecular flexibility index (Phi) is 8.03. The third-order valence-electron chi connectivity index (χ3n) is 4.80. The Labute approximate surface area is 158 Å². The maximum Gasteiger partial charge on any atom is 0.306 e. The van der Waals surface area contributed by atoms with Gasteiger partial charge in [0, 0.05) is 25.1 Å². The van der Waals surface area contributed by atoms with Crippen LogP contribution in [0.1, 0.15) is 45.4 Å². The molecule has 0 aliphatic heterocycles. The lowest BCUT2D eigenvalue weighted by Gasteiger charge is -2.29. The summed E-state index contributed by atoms with van der Waals surface area (Å²) in [6.07, 6.45) is 4.98. The normalized spacial score (nSPS) is 19.1. The molecule has 27 heavy (non-hydrogen) atoms. The van der Waals surface area contributed by atoms with E-state index in [1.807, 2.05) is 0 Å². The summed E-state index contributed by atoms with van der Waals surface area (Å²) in [6, 6.07) is 6.50. The predicted molar refractivity (Wildman–Crippen MR) is 101 cm³/mol. The Morgan fingerprint density at radius 2 is 2.00 bits per heavy atom. The minimum atomic E-state index is -0.456. The van der Waals surface area contributed by atoms with E-state index in [2.05, 4.69) is 17.6 Å². The van der Waals surface area contributed by atoms with Gasteiger partial charge in [-0.1, -0.05) is 31.9 Å². The van der Waals surface area contributed by atoms with Crippen LogP contribution in [0, 0.1) is 16.0 Å². The van der Waals surface area contributed by atoms with Crippen molar-refractivity contribution in [3.63, 3.8) is 0 Å². The van der Waals surface area contributed by atoms with Crippen LogP contribution in [-0.4, -0.2) is 36.0 Å². The van der Waals surface area contributed by atoms with E-state index in [-0.39, 0.29) is 30.7 Å². The van der Waals surface area contributed by atoms with Crippen LogP contribution in [0.4, 0.5) is 11.4 Å². The zero-order valence-corrected chi connectivity index (χ0v) is 15.6. The Bertz CT molecular complexity index is 665. The van der Waals surface area contributed by atoms with Crippen molar-refractivity contribution in [1.29, 1.82) is 0 Å². The van der Waals surface area contributed by atoms with Gasteiger partial charge in [0.25, 0.3) is 11.6 Å². The maximum atomic E-state index is 11.9. The number of nitrogens with one attached hydrogen (secondary N) is 2. The molecule has 0 unspecified atom stereocenters. The van der Waals surface area contributed by atoms with Crippen LogP contribution in [0.3, 0.4) is 0 Å². The van der Waals surface area contributed by atoms with Crippen molar-refractivity contribution in [2.45, 2.75) is 51.5 Å². The van der Waals surface area contributed by atoms with Crippen molar-refractivity contribution in [3.05, 3.63) is 34.4 Å². The molecule has 2 atom stereocenters. The number of nitro benzene ring substituents is 1. The predicted octanol–water partition coefficient (Wildman–Crippen LogP) is 3.03. The minimum Gasteiger partial charge on any atom is -0.456 e. The first-order valence-electron chi connectivity index (χ1n) is 9.39. The van der Waals surface area contributed by atoms with Gasteiger partial charge in [-0.25, -0.2) is 0 Å². The number of rotatable bonds is 9. The van der Waals surface area contributed by atoms with Crippen LogP contribution < -0.4 is 10.6 Å². The first-order chi connectivity index (χ1) is 13.0. The van der Waals surface area contributed by atoms with E-state index in [0.29, 0.717) is 24.6 Å². The molecule has 148 valence electrons. The van der Waals surface area contributed by atoms with Gasteiger partial charge in [0.1, 0.15) is 5.69 Å². The number of para-hydroxylation sites is 2. The molecule has 0 radical (unpaired) electrons. The zero-order valence-electron chi connectivity index (χ0n) is 15.6. The first-order valence-corrected chi connectivity index (χ1v) is 9.39. The minimum absolute atomic E-state index is 0.00584. The SMILES string of the molecule is C[C@H]1CCCC[C@H]1NC(=O)COC(=O)CCCNc1ccccc1[N+](=O)[O-]. The number of ether oxygens (including phenoxy) is 1. The third-order valence-corrected chi connectivity index (χ3v) is 4.80. The van der Waals surface area contributed by atoms with Crippen LogP contribution in [0.15, 0.2) is 24.3 Å². The van der Waals surface area contributed by atoms with Crippen LogP contribution in [-0.2, 0) is 14.3 Å². The molecule has 1 amide bonds. The van der Waals surface area contributed by atoms with E-state index in [1.165, 1.54) is 12.5 Å². The number of esters is 1. The summed E-state index contributed by atoms with van der Waals surface area (Å²) in [5.74, 6) is -0.266. The van der Waals surface area contributed by atoms with E-state index in [1.54, 1.807) is 18.2 Å². The lowest BCUT2D eigenvalue weighted by Crippen LogP contribution is -2.42. The number of carbonyl (C=O) groups is 2. The van der Waals surface area contributed by atoms with Crippen molar-refractivity contribution in [1.82, 2.24) is 5.32 Å². The van der Waals surface area contributed by atoms with Gasteiger partial charge in [-0.3, -0.25) is 19.7 Å². The molecular weight excluding hydrogens is 350 g/mol. The Morgan fingerprint density at radius 3 is 2.74 bits per heavy atom. The van der Waals surface area contributed by atoms with Crippen molar-refractivity contribution < 1.29 is 19.2 Å². The Hall–Kier alpha value is -2.64. The second-order valence-electron chi connectivity index (χ2n) is 6.90. The summed E-state index contributed by atoms with van der Waals surface area (Å²) in [7, 11) is 0. The molecule has 0 heterocycles. The molecule has 8 heteroatoms. The number of nitrogens with zero attached hydrogens (tertiary/aromatic N) is 1. The maximum absolute atomic E-state index is 11.9. The van der Waals surface area contributed by atoms with Gasteiger partial charge in [-0.15, -0.1) is 0 Å². The fraction of sp³-hybridized carbons (Fsp3) is 0.579. The highest BCUT2D eigenvalue weighted by molar-refractivity contribution is 5.80. The first kappa shape index (κ1) is 20.7. The van der Waals surface area contributed by atoms with Crippen LogP contribution >= 0.6 is 0 Å². The molecule has 2 rings (SSSR count). The molecule has 0 saturated heterocycles. The number of hydrogen-bond acceptors (Lipinski definition) is 6. The molecule has 8 nitrogen and oxygen atoms in total. The summed E-state index contributed by atoms with van der Waals surface area (Å²) < 4.78 is 5.01. The van der Waals surface area contributed by atoms with Gasteiger partial charge < -0.3 is 15.4 Å². The summed E-state index contributed by atoms with van der Waals surface area (Å²) in [5.41, 5.74) is 0.408. The molecule has 0 aromatic heterocycles. The van der Waals surface area contributed by atoms with E-state index in [0.717, 1.165) is 19.3 Å². The van der Waals surface area contributed by atoms with Crippen LogP contribution in [0.2, 0.25) is 0 Å². The topological polar surface area (TPSA) is 111 Å². The van der Waals surface area contributed by atoms with E-state index in [4.69, 9.17) is 4.74 Å². The number of benzene rings is 1. The van der Waals surface area contributed by atoms with Crippen molar-refractivity contribution in [3.8, 4) is 0 Å². The standard InChI is InChI=1S/C19H27N3O5/c1-14-7-2-3-8-15(14)21-18(23)13-27-19(24)11-6-12-20-16-9-4-5-10-17(16)22(25)26/h4-5,9-10,14-15,20H,2-3,6-8,11-13H2,1H3,(H,21,23)/t14-,15+/m0/s1. The van der Waals surface area contributed by atoms with E-state index >= 15 is 0 Å². The molecule has 1 saturated carbocycles. The Balaban J connectivity index is 1.62. The molecule has 2 N–H and O–H groups in total. The lowest BCUT2D eigenvalue weighted by atomic mass is 9.86. The summed E-state index contributed by atoms with van der Waals surface area (Å²) >= 11 is 0. The fourth-order valence-electron chi connectivity index (χ4n) is 3.24. The third kappa shape index (κ3) is 6.88. The monoisotopic (exact) mass is 377 g/mol. The van der Waals surface area contributed by atoms with Gasteiger partial charge in [0.15, 0.2) is 6.61 Å². The molecule has 1 fully saturated rings. The Morgan fingerprint density at radius 1 is 1.26 bits per heavy atom. The fourth-order valence-corrected chi connectivity index (χ4v) is 3.24. The summed E-state index contributed by atoms with van der Waals surface area (Å²) in [4.78, 5) is 34.1. The quantitative estimate of drug-likeness (QED) is 0.296. The van der Waals surface area contributed by atoms with Gasteiger partial charge in [0.05, 0.1) is 4.92 Å². The number of amides is 1. The molecule has 1 aliphatic carbocycles. The number of nitro groups is 1. The van der Waals surface area contributed by atoms with Gasteiger partial charge in [0.2, 0.25) is 0 Å². The van der Waals surface area contributed by atoms with E-state index in [9.17, 15) is 19.7 Å². The molecule has 1 aromatic carbocycles. The average molecular weight is 377 g/mol. The average Bonchev–Trinajstić information content (AvgIpc) is 2.65. The molecular formula is C19H27N3O5. The molecule has 1 aliphatic rings. The highest BCUT2D eigenvalue weighted by atomic mass is 16.6. The highest BCUT2D eigenvalue weighted by Gasteiger charge is 2.23. The number of hydrogen-bond donors (Lipinski definition) is 2. The van der Waals surface area contributed by atoms with Gasteiger partial charge in [-0.2, -0.15) is 0 Å². The number of anilines is 1. The van der Waals surface area contributed by atoms with Gasteiger partial charge >= 0.3 is 5.97 Å². The lowest BCUT2D eigenvalue weighted by molar-refractivity contribution is -0.384. The van der Waals surface area contributed by atoms with Crippen molar-refractivity contribution in [2.24, 2.45) is 5.92 Å². The summed E-state index contributed by atoms with van der Waals surface area (Å²) in [6.45, 7) is 2.26. The summed E-state index contributed by atoms with van der Waals surface area (Å²) in [5, 5.41) is 16.8. The van der Waals surface area contributed by atoms with E-state index < -0.39 is 10.9 Å². The zero-order chi connectivity index (χ0) is 19.6. The van der Waals surface area contributed by atoms with Gasteiger partial charge in [-0.05, 0) is 31.2 Å². The van der Waals surface area contributed by atoms with Crippen LogP contribution in [0.25, 0.3) is 0 Å². The smallest absolute Gasteiger partial charge is 0.306 e. The largest absolute Gasteiger partial charge is 0.456 e. The van der Waals surface area contributed by atoms with Crippen LogP contribution in [0.5, 0.6) is 0 Å². The second kappa shape index (κ2) is 10.5. The molecule has 0 bridgehead atoms. The molecule has 0 spiro atoms. The molecule has 1 aromatic rings. The number of carbonyl (C=O) groups excluding carboxylic acids is 2.